The van der Waals surface area contributed by atoms with Gasteiger partial charge in [-0.25, -0.2) is 0 Å². The van der Waals surface area contributed by atoms with Crippen molar-refractivity contribution in [3.05, 3.63) is 65.7 Å². The third kappa shape index (κ3) is 5.39. The summed E-state index contributed by atoms with van der Waals surface area (Å²) < 4.78 is 0. The maximum atomic E-state index is 12.2. The van der Waals surface area contributed by atoms with E-state index in [1.807, 2.05) is 58.4 Å². The second-order valence-electron chi connectivity index (χ2n) is 6.57. The van der Waals surface area contributed by atoms with Gasteiger partial charge in [-0.3, -0.25) is 4.79 Å². The molecule has 128 valence electrons. The molecule has 2 N–H and O–H groups in total. The Morgan fingerprint density at radius 3 is 2.29 bits per heavy atom. The molecule has 0 saturated carbocycles. The Kier molecular flexibility index (Phi) is 6.38. The van der Waals surface area contributed by atoms with Crippen molar-refractivity contribution in [2.75, 3.05) is 32.6 Å². The molecule has 0 saturated heterocycles. The van der Waals surface area contributed by atoms with E-state index in [0.29, 0.717) is 6.54 Å². The molecule has 2 aromatic rings. The second-order valence-corrected chi connectivity index (χ2v) is 6.57. The third-order valence-electron chi connectivity index (χ3n) is 4.10. The van der Waals surface area contributed by atoms with E-state index < -0.39 is 0 Å². The van der Waals surface area contributed by atoms with Crippen LogP contribution < -0.4 is 15.1 Å². The summed E-state index contributed by atoms with van der Waals surface area (Å²) in [5.74, 6) is 0.0776. The van der Waals surface area contributed by atoms with Crippen LogP contribution in [0.1, 0.15) is 24.1 Å². The molecule has 0 bridgehead atoms. The average Bonchev–Trinajstić information content (AvgIpc) is 2.55. The first-order valence-corrected chi connectivity index (χ1v) is 8.37. The molecule has 2 atom stereocenters. The molecule has 0 spiro atoms. The van der Waals surface area contributed by atoms with Crippen molar-refractivity contribution < 1.29 is 9.69 Å². The van der Waals surface area contributed by atoms with Gasteiger partial charge >= 0.3 is 0 Å². The van der Waals surface area contributed by atoms with Crippen molar-refractivity contribution in [1.29, 1.82) is 0 Å². The van der Waals surface area contributed by atoms with Crippen LogP contribution in [0.3, 0.4) is 0 Å². The SMILES string of the molecule is C[C@H](NC(=O)C[NH+](C)Cc1ccc(N(C)C)cc1)c1ccccc1. The lowest BCUT2D eigenvalue weighted by Gasteiger charge is -2.18. The lowest BCUT2D eigenvalue weighted by atomic mass is 10.1. The molecule has 24 heavy (non-hydrogen) atoms. The number of hydrogen-bond donors (Lipinski definition) is 2. The number of nitrogens with zero attached hydrogens (tertiary/aromatic N) is 1. The van der Waals surface area contributed by atoms with Gasteiger partial charge in [0.25, 0.3) is 5.91 Å². The Morgan fingerprint density at radius 1 is 1.08 bits per heavy atom. The van der Waals surface area contributed by atoms with Crippen LogP contribution in [-0.4, -0.2) is 33.6 Å². The number of likely N-dealkylation sites (N-methyl/N-ethyl adjacent to an activating group) is 1. The zero-order chi connectivity index (χ0) is 17.5. The number of benzene rings is 2. The molecule has 0 aliphatic heterocycles. The van der Waals surface area contributed by atoms with Gasteiger partial charge in [-0.05, 0) is 24.6 Å². The maximum Gasteiger partial charge on any atom is 0.275 e. The van der Waals surface area contributed by atoms with Crippen LogP contribution in [0.5, 0.6) is 0 Å². The number of nitrogens with one attached hydrogen (secondary N) is 2. The molecule has 0 aromatic heterocycles. The van der Waals surface area contributed by atoms with Crippen LogP contribution in [0, 0.1) is 0 Å². The van der Waals surface area contributed by atoms with E-state index >= 15 is 0 Å². The first-order valence-electron chi connectivity index (χ1n) is 8.37. The van der Waals surface area contributed by atoms with Gasteiger partial charge in [-0.15, -0.1) is 0 Å². The van der Waals surface area contributed by atoms with Gasteiger partial charge in [0.05, 0.1) is 13.1 Å². The first kappa shape index (κ1) is 18.0. The molecule has 4 heteroatoms. The predicted molar refractivity (Wildman–Crippen MR) is 99.2 cm³/mol. The average molecular weight is 326 g/mol. The number of quaternary nitrogens is 1. The van der Waals surface area contributed by atoms with Crippen molar-refractivity contribution in [1.82, 2.24) is 5.32 Å². The molecule has 1 amide bonds. The lowest BCUT2D eigenvalue weighted by Crippen LogP contribution is -3.08. The fourth-order valence-corrected chi connectivity index (χ4v) is 2.71. The molecule has 0 fully saturated rings. The normalized spacial score (nSPS) is 13.2. The molecule has 2 aromatic carbocycles. The highest BCUT2D eigenvalue weighted by atomic mass is 16.2. The van der Waals surface area contributed by atoms with E-state index in [0.717, 1.165) is 12.1 Å². The van der Waals surface area contributed by atoms with Crippen molar-refractivity contribution >= 4 is 11.6 Å². The van der Waals surface area contributed by atoms with E-state index in [1.165, 1.54) is 16.2 Å². The third-order valence-corrected chi connectivity index (χ3v) is 4.10. The molecule has 1 unspecified atom stereocenters. The Morgan fingerprint density at radius 2 is 1.71 bits per heavy atom. The maximum absolute atomic E-state index is 12.2. The Hall–Kier alpha value is -2.33. The fraction of sp³-hybridized carbons (Fsp3) is 0.350. The molecular formula is C20H28N3O+. The molecule has 0 aliphatic carbocycles. The topological polar surface area (TPSA) is 36.8 Å². The van der Waals surface area contributed by atoms with Gasteiger partial charge in [-0.2, -0.15) is 0 Å². The summed E-state index contributed by atoms with van der Waals surface area (Å²) in [4.78, 5) is 15.5. The van der Waals surface area contributed by atoms with Crippen LogP contribution in [-0.2, 0) is 11.3 Å². The van der Waals surface area contributed by atoms with Crippen LogP contribution in [0.2, 0.25) is 0 Å². The second kappa shape index (κ2) is 8.50. The number of rotatable bonds is 7. The summed E-state index contributed by atoms with van der Waals surface area (Å²) >= 11 is 0. The minimum atomic E-state index is 0.0332. The minimum absolute atomic E-state index is 0.0332. The molecule has 0 radical (unpaired) electrons. The first-order chi connectivity index (χ1) is 11.5. The van der Waals surface area contributed by atoms with Crippen molar-refractivity contribution in [2.24, 2.45) is 0 Å². The number of carbonyl (C=O) groups is 1. The summed E-state index contributed by atoms with van der Waals surface area (Å²) in [7, 11) is 6.11. The summed E-state index contributed by atoms with van der Waals surface area (Å²) in [6.45, 7) is 3.32. The molecule has 2 rings (SSSR count). The standard InChI is InChI=1S/C20H27N3O/c1-16(18-8-6-5-7-9-18)21-20(24)15-23(4)14-17-10-12-19(13-11-17)22(2)3/h5-13,16H,14-15H2,1-4H3,(H,21,24)/p+1/t16-/m0/s1. The highest BCUT2D eigenvalue weighted by Crippen LogP contribution is 2.12. The highest BCUT2D eigenvalue weighted by Gasteiger charge is 2.14. The van der Waals surface area contributed by atoms with Gasteiger partial charge in [0, 0.05) is 25.3 Å². The smallest absolute Gasteiger partial charge is 0.275 e. The van der Waals surface area contributed by atoms with Crippen LogP contribution in [0.25, 0.3) is 0 Å². The summed E-state index contributed by atoms with van der Waals surface area (Å²) in [6, 6.07) is 18.6. The number of amides is 1. The van der Waals surface area contributed by atoms with E-state index in [4.69, 9.17) is 0 Å². The van der Waals surface area contributed by atoms with Crippen LogP contribution in [0.4, 0.5) is 5.69 Å². The van der Waals surface area contributed by atoms with Gasteiger partial charge in [0.1, 0.15) is 6.54 Å². The quantitative estimate of drug-likeness (QED) is 0.812. The fourth-order valence-electron chi connectivity index (χ4n) is 2.71. The summed E-state index contributed by atoms with van der Waals surface area (Å²) in [5, 5.41) is 3.07. The van der Waals surface area contributed by atoms with Crippen molar-refractivity contribution in [3.63, 3.8) is 0 Å². The Balaban J connectivity index is 1.83. The highest BCUT2D eigenvalue weighted by molar-refractivity contribution is 5.77. The zero-order valence-electron chi connectivity index (χ0n) is 15.0. The number of hydrogen-bond acceptors (Lipinski definition) is 2. The number of carbonyl (C=O) groups excluding carboxylic acids is 1. The predicted octanol–water partition coefficient (Wildman–Crippen LogP) is 1.64. The molecule has 4 nitrogen and oxygen atoms in total. The van der Waals surface area contributed by atoms with Gasteiger partial charge in [-0.1, -0.05) is 42.5 Å². The van der Waals surface area contributed by atoms with Crippen molar-refractivity contribution in [3.8, 4) is 0 Å². The molecule has 0 heterocycles. The van der Waals surface area contributed by atoms with Gasteiger partial charge in [0.2, 0.25) is 0 Å². The summed E-state index contributed by atoms with van der Waals surface area (Å²) in [5.41, 5.74) is 3.55. The number of anilines is 1. The Bertz CT molecular complexity index is 638. The zero-order valence-corrected chi connectivity index (χ0v) is 15.0. The van der Waals surface area contributed by atoms with Crippen LogP contribution in [0.15, 0.2) is 54.6 Å². The van der Waals surface area contributed by atoms with Gasteiger partial charge in [0.15, 0.2) is 6.54 Å². The minimum Gasteiger partial charge on any atom is -0.378 e. The monoisotopic (exact) mass is 326 g/mol. The van der Waals surface area contributed by atoms with E-state index in [1.54, 1.807) is 0 Å². The lowest BCUT2D eigenvalue weighted by molar-refractivity contribution is -0.885. The largest absolute Gasteiger partial charge is 0.378 e. The van der Waals surface area contributed by atoms with Gasteiger partial charge < -0.3 is 15.1 Å². The summed E-state index contributed by atoms with van der Waals surface area (Å²) in [6.07, 6.45) is 0. The molecular weight excluding hydrogens is 298 g/mol. The van der Waals surface area contributed by atoms with Crippen LogP contribution >= 0.6 is 0 Å². The van der Waals surface area contributed by atoms with E-state index in [2.05, 4.69) is 34.5 Å². The van der Waals surface area contributed by atoms with E-state index in [9.17, 15) is 4.79 Å². The van der Waals surface area contributed by atoms with Crippen molar-refractivity contribution in [2.45, 2.75) is 19.5 Å². The van der Waals surface area contributed by atoms with E-state index in [-0.39, 0.29) is 11.9 Å². The Labute approximate surface area is 145 Å². The molecule has 0 aliphatic rings.